The van der Waals surface area contributed by atoms with Gasteiger partial charge in [0.05, 0.1) is 0 Å². The Labute approximate surface area is 67.6 Å². The van der Waals surface area contributed by atoms with Crippen molar-refractivity contribution in [1.82, 2.24) is 4.98 Å². The molecule has 0 aliphatic heterocycles. The number of pyridine rings is 1. The third-order valence-corrected chi connectivity index (χ3v) is 1.14. The van der Waals surface area contributed by atoms with Gasteiger partial charge in [0.15, 0.2) is 0 Å². The summed E-state index contributed by atoms with van der Waals surface area (Å²) < 4.78 is 0. The Morgan fingerprint density at radius 1 is 1.36 bits per heavy atom. The molecule has 0 aliphatic rings. The predicted octanol–water partition coefficient (Wildman–Crippen LogP) is 1.01. The van der Waals surface area contributed by atoms with Crippen LogP contribution in [0.25, 0.3) is 0 Å². The van der Waals surface area contributed by atoms with Gasteiger partial charge in [0.25, 0.3) is 0 Å². The first-order chi connectivity index (χ1) is 5.33. The first-order valence-corrected chi connectivity index (χ1v) is 3.52. The van der Waals surface area contributed by atoms with Crippen molar-refractivity contribution in [2.24, 2.45) is 5.73 Å². The van der Waals surface area contributed by atoms with Gasteiger partial charge in [-0.15, -0.1) is 0 Å². The molecule has 0 unspecified atom stereocenters. The number of nitrogens with zero attached hydrogens (tertiary/aromatic N) is 1. The highest BCUT2D eigenvalue weighted by Gasteiger charge is 1.86. The third kappa shape index (κ3) is 3.57. The van der Waals surface area contributed by atoms with Gasteiger partial charge >= 0.3 is 0 Å². The van der Waals surface area contributed by atoms with Crippen LogP contribution in [-0.2, 0) is 0 Å². The quantitative estimate of drug-likeness (QED) is 0.633. The second-order valence-electron chi connectivity index (χ2n) is 1.91. The van der Waals surface area contributed by atoms with Crippen LogP contribution in [0.15, 0.2) is 18.2 Å². The molecule has 0 aromatic carbocycles. The molecule has 1 heterocycles. The highest BCUT2D eigenvalue weighted by molar-refractivity contribution is 5.33. The molecule has 1 rings (SSSR count). The van der Waals surface area contributed by atoms with Gasteiger partial charge in [-0.05, 0) is 26.1 Å². The van der Waals surface area contributed by atoms with Crippen molar-refractivity contribution >= 4 is 5.82 Å². The van der Waals surface area contributed by atoms with Gasteiger partial charge in [-0.2, -0.15) is 0 Å². The molecule has 0 saturated heterocycles. The maximum atomic E-state index is 4.50. The second kappa shape index (κ2) is 5.68. The van der Waals surface area contributed by atoms with Gasteiger partial charge in [0.2, 0.25) is 0 Å². The summed E-state index contributed by atoms with van der Waals surface area (Å²) in [6, 6.07) is 5.89. The van der Waals surface area contributed by atoms with Crippen LogP contribution in [0, 0.1) is 6.92 Å². The van der Waals surface area contributed by atoms with E-state index in [4.69, 9.17) is 0 Å². The minimum absolute atomic E-state index is 0.926. The number of aryl methyl sites for hydroxylation is 1. The molecule has 62 valence electrons. The van der Waals surface area contributed by atoms with Gasteiger partial charge in [-0.1, -0.05) is 6.07 Å². The summed E-state index contributed by atoms with van der Waals surface area (Å²) >= 11 is 0. The van der Waals surface area contributed by atoms with Crippen molar-refractivity contribution in [3.05, 3.63) is 23.9 Å². The van der Waals surface area contributed by atoms with Gasteiger partial charge in [-0.25, -0.2) is 4.98 Å². The van der Waals surface area contributed by atoms with Crippen LogP contribution >= 0.6 is 0 Å². The zero-order chi connectivity index (χ0) is 8.69. The van der Waals surface area contributed by atoms with Crippen molar-refractivity contribution in [2.75, 3.05) is 19.4 Å². The van der Waals surface area contributed by atoms with E-state index in [1.54, 1.807) is 0 Å². The summed E-state index contributed by atoms with van der Waals surface area (Å²) in [7, 11) is 3.36. The Morgan fingerprint density at radius 2 is 2.00 bits per heavy atom. The Balaban J connectivity index is 0.000000461. The van der Waals surface area contributed by atoms with E-state index in [9.17, 15) is 0 Å². The molecule has 3 N–H and O–H groups in total. The summed E-state index contributed by atoms with van der Waals surface area (Å²) in [5.41, 5.74) is 5.54. The number of nitrogens with one attached hydrogen (secondary N) is 1. The molecular weight excluding hydrogens is 138 g/mol. The van der Waals surface area contributed by atoms with Crippen LogP contribution in [0.3, 0.4) is 0 Å². The lowest BCUT2D eigenvalue weighted by Gasteiger charge is -1.97. The van der Waals surface area contributed by atoms with Crippen LogP contribution in [0.5, 0.6) is 0 Å². The summed E-state index contributed by atoms with van der Waals surface area (Å²) in [6.07, 6.45) is 0. The van der Waals surface area contributed by atoms with Crippen molar-refractivity contribution in [3.63, 3.8) is 0 Å². The van der Waals surface area contributed by atoms with Crippen LogP contribution in [-0.4, -0.2) is 19.1 Å². The molecule has 0 saturated carbocycles. The van der Waals surface area contributed by atoms with Crippen molar-refractivity contribution < 1.29 is 0 Å². The van der Waals surface area contributed by atoms with Gasteiger partial charge in [-0.3, -0.25) is 0 Å². The van der Waals surface area contributed by atoms with Crippen LogP contribution < -0.4 is 11.1 Å². The monoisotopic (exact) mass is 153 g/mol. The lowest BCUT2D eigenvalue weighted by Crippen LogP contribution is -1.91. The maximum absolute atomic E-state index is 4.50. The summed E-state index contributed by atoms with van der Waals surface area (Å²) in [5.74, 6) is 0.926. The Kier molecular flexibility index (Phi) is 5.11. The number of nitrogens with two attached hydrogens (primary N) is 1. The number of anilines is 1. The smallest absolute Gasteiger partial charge is 0.125 e. The van der Waals surface area contributed by atoms with Crippen LogP contribution in [0.2, 0.25) is 0 Å². The number of hydrogen-bond donors (Lipinski definition) is 2. The summed E-state index contributed by atoms with van der Waals surface area (Å²) in [4.78, 5) is 4.18. The molecule has 0 aliphatic carbocycles. The lowest BCUT2D eigenvalue weighted by molar-refractivity contribution is 1.19. The Bertz CT molecular complexity index is 198. The van der Waals surface area contributed by atoms with E-state index < -0.39 is 0 Å². The van der Waals surface area contributed by atoms with E-state index in [1.807, 2.05) is 32.2 Å². The average molecular weight is 153 g/mol. The van der Waals surface area contributed by atoms with Crippen LogP contribution in [0.1, 0.15) is 5.69 Å². The molecule has 3 heteroatoms. The molecule has 0 fully saturated rings. The lowest BCUT2D eigenvalue weighted by atomic mass is 10.4. The first-order valence-electron chi connectivity index (χ1n) is 3.52. The summed E-state index contributed by atoms with van der Waals surface area (Å²) in [5, 5.41) is 2.96. The van der Waals surface area contributed by atoms with E-state index in [1.165, 1.54) is 7.05 Å². The fourth-order valence-electron chi connectivity index (χ4n) is 0.682. The fourth-order valence-corrected chi connectivity index (χ4v) is 0.682. The van der Waals surface area contributed by atoms with E-state index in [0.717, 1.165) is 11.5 Å². The SMILES string of the molecule is CN.CNc1cccc(C)n1. The summed E-state index contributed by atoms with van der Waals surface area (Å²) in [6.45, 7) is 1.97. The molecule has 0 atom stereocenters. The predicted molar refractivity (Wildman–Crippen MR) is 48.6 cm³/mol. The number of aromatic nitrogens is 1. The third-order valence-electron chi connectivity index (χ3n) is 1.14. The Hall–Kier alpha value is -1.09. The maximum Gasteiger partial charge on any atom is 0.125 e. The topological polar surface area (TPSA) is 50.9 Å². The minimum Gasteiger partial charge on any atom is -0.373 e. The molecule has 0 spiro atoms. The fraction of sp³-hybridized carbons (Fsp3) is 0.375. The van der Waals surface area contributed by atoms with E-state index >= 15 is 0 Å². The second-order valence-corrected chi connectivity index (χ2v) is 1.91. The first kappa shape index (κ1) is 9.91. The van der Waals surface area contributed by atoms with Crippen molar-refractivity contribution in [3.8, 4) is 0 Å². The molecule has 0 radical (unpaired) electrons. The highest BCUT2D eigenvalue weighted by Crippen LogP contribution is 2.00. The standard InChI is InChI=1S/C7H10N2.CH5N/c1-6-4-3-5-7(8-2)9-6;1-2/h3-5H,1-2H3,(H,8,9);2H2,1H3. The molecular formula is C8H15N3. The number of rotatable bonds is 1. The van der Waals surface area contributed by atoms with Gasteiger partial charge in [0.1, 0.15) is 5.82 Å². The van der Waals surface area contributed by atoms with Crippen molar-refractivity contribution in [2.45, 2.75) is 6.92 Å². The normalized spacial score (nSPS) is 8.00. The molecule has 3 nitrogen and oxygen atoms in total. The van der Waals surface area contributed by atoms with Gasteiger partial charge in [0, 0.05) is 12.7 Å². The molecule has 1 aromatic heterocycles. The van der Waals surface area contributed by atoms with E-state index in [2.05, 4.69) is 16.0 Å². The van der Waals surface area contributed by atoms with Crippen molar-refractivity contribution in [1.29, 1.82) is 0 Å². The molecule has 1 aromatic rings. The molecule has 0 amide bonds. The largest absolute Gasteiger partial charge is 0.373 e. The number of hydrogen-bond acceptors (Lipinski definition) is 3. The van der Waals surface area contributed by atoms with Crippen LogP contribution in [0.4, 0.5) is 5.82 Å². The van der Waals surface area contributed by atoms with Gasteiger partial charge < -0.3 is 11.1 Å². The molecule has 0 bridgehead atoms. The molecule has 11 heavy (non-hydrogen) atoms. The zero-order valence-corrected chi connectivity index (χ0v) is 7.26. The highest BCUT2D eigenvalue weighted by atomic mass is 15.0. The van der Waals surface area contributed by atoms with E-state index in [0.29, 0.717) is 0 Å². The average Bonchev–Trinajstić information content (AvgIpc) is 2.08. The minimum atomic E-state index is 0.926. The van der Waals surface area contributed by atoms with E-state index in [-0.39, 0.29) is 0 Å². The zero-order valence-electron chi connectivity index (χ0n) is 7.26. The Morgan fingerprint density at radius 3 is 2.36 bits per heavy atom.